The van der Waals surface area contributed by atoms with Crippen molar-refractivity contribution in [3.05, 3.63) is 56.7 Å². The number of halogens is 4. The molecule has 0 bridgehead atoms. The Morgan fingerprint density at radius 3 is 2.68 bits per heavy atom. The Hall–Kier alpha value is -1.89. The van der Waals surface area contributed by atoms with Crippen LogP contribution in [0.1, 0.15) is 11.1 Å². The smallest absolute Gasteiger partial charge is 0.297 e. The summed E-state index contributed by atoms with van der Waals surface area (Å²) in [6, 6.07) is 3.23. The summed E-state index contributed by atoms with van der Waals surface area (Å²) < 4.78 is 41.3. The lowest BCUT2D eigenvalue weighted by Crippen LogP contribution is -2.16. The molecule has 1 heterocycles. The van der Waals surface area contributed by atoms with Gasteiger partial charge in [-0.2, -0.15) is 18.3 Å². The largest absolute Gasteiger partial charge is 0.415 e. The van der Waals surface area contributed by atoms with Crippen molar-refractivity contribution in [2.75, 3.05) is 0 Å². The molecule has 114 valence electrons. The van der Waals surface area contributed by atoms with Gasteiger partial charge in [0.05, 0.1) is 22.9 Å². The number of ketones is 1. The van der Waals surface area contributed by atoms with E-state index in [-0.39, 0.29) is 30.0 Å². The molecule has 0 radical (unpaired) electrons. The topological polar surface area (TPSA) is 39.2 Å². The summed E-state index contributed by atoms with van der Waals surface area (Å²) in [6.07, 6.45) is -1.77. The van der Waals surface area contributed by atoms with Crippen LogP contribution in [-0.2, 0) is 23.9 Å². The lowest BCUT2D eigenvalue weighted by atomic mass is 10.0. The van der Waals surface area contributed by atoms with Crippen molar-refractivity contribution in [1.29, 1.82) is 0 Å². The number of rotatable bonds is 4. The third-order valence-corrected chi connectivity index (χ3v) is 3.41. The highest BCUT2D eigenvalue weighted by Crippen LogP contribution is 2.34. The third kappa shape index (κ3) is 4.07. The molecule has 8 heteroatoms. The van der Waals surface area contributed by atoms with E-state index < -0.39 is 11.7 Å². The second-order valence-electron chi connectivity index (χ2n) is 4.52. The van der Waals surface area contributed by atoms with Crippen LogP contribution < -0.4 is 0 Å². The van der Waals surface area contributed by atoms with Gasteiger partial charge in [-0.3, -0.25) is 9.48 Å². The van der Waals surface area contributed by atoms with Crippen molar-refractivity contribution in [2.45, 2.75) is 19.1 Å². The summed E-state index contributed by atoms with van der Waals surface area (Å²) in [4.78, 5) is 14.9. The van der Waals surface area contributed by atoms with Crippen molar-refractivity contribution in [3.63, 3.8) is 0 Å². The normalized spacial score (nSPS) is 11.2. The molecule has 0 aliphatic heterocycles. The summed E-state index contributed by atoms with van der Waals surface area (Å²) >= 11 is 2.02. The van der Waals surface area contributed by atoms with Gasteiger partial charge in [-0.15, -0.1) is 0 Å². The Morgan fingerprint density at radius 2 is 2.14 bits per heavy atom. The minimum absolute atomic E-state index is 0.0924. The van der Waals surface area contributed by atoms with Crippen molar-refractivity contribution in [1.82, 2.24) is 9.78 Å². The maximum Gasteiger partial charge on any atom is 0.415 e. The summed E-state index contributed by atoms with van der Waals surface area (Å²) in [7, 11) is 0. The number of aromatic nitrogens is 2. The lowest BCUT2D eigenvalue weighted by molar-refractivity contribution is -0.138. The molecule has 0 fully saturated rings. The van der Waals surface area contributed by atoms with Gasteiger partial charge in [0.2, 0.25) is 0 Å². The zero-order valence-corrected chi connectivity index (χ0v) is 13.2. The number of hydrogen-bond donors (Lipinski definition) is 0. The first-order chi connectivity index (χ1) is 10.3. The first-order valence-electron chi connectivity index (χ1n) is 6.07. The number of carbonyl (C=O) groups is 1. The maximum absolute atomic E-state index is 13.0. The molecule has 2 aromatic rings. The van der Waals surface area contributed by atoms with E-state index in [0.717, 1.165) is 9.64 Å². The van der Waals surface area contributed by atoms with Gasteiger partial charge < -0.3 is 0 Å². The molecular formula is C14H9F3IN3O. The molecule has 0 amide bonds. The fraction of sp³-hybridized carbons (Fsp3) is 0.214. The molecular weight excluding hydrogens is 410 g/mol. The molecule has 2 rings (SSSR count). The summed E-state index contributed by atoms with van der Waals surface area (Å²) in [5.41, 5.74) is -1.18. The highest BCUT2D eigenvalue weighted by Gasteiger charge is 2.33. The second-order valence-corrected chi connectivity index (χ2v) is 5.77. The van der Waals surface area contributed by atoms with Crippen LogP contribution in [0.3, 0.4) is 0 Å². The average Bonchev–Trinajstić information content (AvgIpc) is 2.83. The molecule has 0 spiro atoms. The molecule has 1 aromatic heterocycles. The van der Waals surface area contributed by atoms with E-state index in [1.165, 1.54) is 16.8 Å². The molecule has 22 heavy (non-hydrogen) atoms. The van der Waals surface area contributed by atoms with Crippen molar-refractivity contribution in [2.24, 2.45) is 0 Å². The molecule has 4 nitrogen and oxygen atoms in total. The number of nitrogens with zero attached hydrogens (tertiary/aromatic N) is 3. The number of hydrogen-bond acceptors (Lipinski definition) is 2. The molecule has 0 aliphatic carbocycles. The number of carbonyl (C=O) groups excluding carboxylic acids is 1. The van der Waals surface area contributed by atoms with E-state index in [9.17, 15) is 18.0 Å². The summed E-state index contributed by atoms with van der Waals surface area (Å²) in [5.74, 6) is -0.388. The van der Waals surface area contributed by atoms with Crippen LogP contribution >= 0.6 is 22.6 Å². The van der Waals surface area contributed by atoms with Crippen LogP contribution in [0.2, 0.25) is 0 Å². The number of benzene rings is 1. The molecule has 1 aromatic carbocycles. The monoisotopic (exact) mass is 419 g/mol. The molecule has 0 aliphatic rings. The minimum Gasteiger partial charge on any atom is -0.297 e. The van der Waals surface area contributed by atoms with Gasteiger partial charge in [-0.05, 0) is 34.2 Å². The molecule has 0 atom stereocenters. The van der Waals surface area contributed by atoms with Crippen molar-refractivity contribution >= 4 is 34.1 Å². The predicted molar refractivity (Wildman–Crippen MR) is 81.4 cm³/mol. The van der Waals surface area contributed by atoms with E-state index in [2.05, 4.69) is 9.94 Å². The fourth-order valence-electron chi connectivity index (χ4n) is 1.93. The van der Waals surface area contributed by atoms with E-state index in [1.807, 2.05) is 22.6 Å². The van der Waals surface area contributed by atoms with Crippen LogP contribution in [0.25, 0.3) is 4.85 Å². The highest BCUT2D eigenvalue weighted by atomic mass is 127. The predicted octanol–water partition coefficient (Wildman–Crippen LogP) is 3.87. The van der Waals surface area contributed by atoms with E-state index in [1.54, 1.807) is 12.4 Å². The Labute approximate surface area is 137 Å². The zero-order valence-electron chi connectivity index (χ0n) is 11.1. The molecule has 0 saturated heterocycles. The molecule has 0 N–H and O–H groups in total. The Morgan fingerprint density at radius 1 is 1.41 bits per heavy atom. The lowest BCUT2D eigenvalue weighted by Gasteiger charge is -2.13. The van der Waals surface area contributed by atoms with Gasteiger partial charge in [-0.25, -0.2) is 4.85 Å². The van der Waals surface area contributed by atoms with Gasteiger partial charge in [0.15, 0.2) is 11.5 Å². The van der Waals surface area contributed by atoms with Crippen LogP contribution in [0.4, 0.5) is 18.9 Å². The van der Waals surface area contributed by atoms with E-state index in [0.29, 0.717) is 0 Å². The van der Waals surface area contributed by atoms with Gasteiger partial charge in [0.1, 0.15) is 0 Å². The van der Waals surface area contributed by atoms with Crippen molar-refractivity contribution in [3.8, 4) is 0 Å². The van der Waals surface area contributed by atoms with E-state index >= 15 is 0 Å². The number of alkyl halides is 3. The van der Waals surface area contributed by atoms with E-state index in [4.69, 9.17) is 6.57 Å². The Bertz CT molecular complexity index is 747. The standard InChI is InChI=1S/C14H9F3IN3O/c1-19-11-3-2-9(13(5-11)14(15,16)17)4-12(22)8-21-7-10(18)6-20-21/h2-3,5-7H,4,8H2. The van der Waals surface area contributed by atoms with Crippen molar-refractivity contribution < 1.29 is 18.0 Å². The SMILES string of the molecule is [C-]#[N+]c1ccc(CC(=O)Cn2cc(I)cn2)c(C(F)(F)F)c1. The third-order valence-electron chi connectivity index (χ3n) is 2.86. The second kappa shape index (κ2) is 6.48. The summed E-state index contributed by atoms with van der Waals surface area (Å²) in [5, 5.41) is 3.92. The number of Topliss-reactive ketones (excluding diaryl/α,β-unsaturated/α-hetero) is 1. The molecule has 0 saturated carbocycles. The van der Waals surface area contributed by atoms with Gasteiger partial charge in [-0.1, -0.05) is 12.1 Å². The zero-order chi connectivity index (χ0) is 16.3. The van der Waals surface area contributed by atoms with Crippen LogP contribution in [0.5, 0.6) is 0 Å². The van der Waals surface area contributed by atoms with Crippen LogP contribution in [0, 0.1) is 10.1 Å². The van der Waals surface area contributed by atoms with Gasteiger partial charge in [0.25, 0.3) is 0 Å². The maximum atomic E-state index is 13.0. The molecule has 0 unspecified atom stereocenters. The summed E-state index contributed by atoms with van der Waals surface area (Å²) in [6.45, 7) is 6.69. The first kappa shape index (κ1) is 16.5. The average molecular weight is 419 g/mol. The Kier molecular flexibility index (Phi) is 4.85. The highest BCUT2D eigenvalue weighted by molar-refractivity contribution is 14.1. The minimum atomic E-state index is -4.60. The van der Waals surface area contributed by atoms with Gasteiger partial charge in [0, 0.05) is 18.2 Å². The quantitative estimate of drug-likeness (QED) is 0.558. The van der Waals surface area contributed by atoms with Crippen LogP contribution in [-0.4, -0.2) is 15.6 Å². The Balaban J connectivity index is 2.22. The first-order valence-corrected chi connectivity index (χ1v) is 7.14. The fourth-order valence-corrected chi connectivity index (χ4v) is 2.37. The van der Waals surface area contributed by atoms with Crippen LogP contribution in [0.15, 0.2) is 30.6 Å². The van der Waals surface area contributed by atoms with Gasteiger partial charge >= 0.3 is 6.18 Å².